The van der Waals surface area contributed by atoms with Crippen molar-refractivity contribution in [1.82, 2.24) is 9.88 Å². The number of carbonyl (C=O) groups excluding carboxylic acids is 1. The zero-order valence-electron chi connectivity index (χ0n) is 25.6. The summed E-state index contributed by atoms with van der Waals surface area (Å²) in [7, 11) is -3.69. The molecule has 2 aliphatic rings. The molecular weight excluding hydrogens is 642 g/mol. The van der Waals surface area contributed by atoms with Gasteiger partial charge >= 0.3 is 5.97 Å². The Morgan fingerprint density at radius 3 is 2.49 bits per heavy atom. The molecular formula is C33H37Cl2FN2O6S. The predicted octanol–water partition coefficient (Wildman–Crippen LogP) is 7.05. The zero-order chi connectivity index (χ0) is 32.9. The molecule has 242 valence electrons. The molecule has 1 aromatic heterocycles. The number of aromatic nitrogens is 1. The summed E-state index contributed by atoms with van der Waals surface area (Å²) in [6.45, 7) is 6.73. The quantitative estimate of drug-likeness (QED) is 0.244. The summed E-state index contributed by atoms with van der Waals surface area (Å²) < 4.78 is 47.2. The Morgan fingerprint density at radius 2 is 1.89 bits per heavy atom. The van der Waals surface area contributed by atoms with E-state index in [9.17, 15) is 23.1 Å². The first-order valence-electron chi connectivity index (χ1n) is 14.9. The smallest absolute Gasteiger partial charge is 0.311 e. The number of aliphatic carboxylic acids is 1. The third-order valence-electron chi connectivity index (χ3n) is 8.98. The van der Waals surface area contributed by atoms with Crippen LogP contribution in [-0.4, -0.2) is 51.8 Å². The van der Waals surface area contributed by atoms with Crippen molar-refractivity contribution in [1.29, 1.82) is 0 Å². The van der Waals surface area contributed by atoms with Gasteiger partial charge in [-0.2, -0.15) is 0 Å². The molecule has 12 heteroatoms. The number of piperidine rings is 1. The van der Waals surface area contributed by atoms with E-state index in [1.807, 2.05) is 18.2 Å². The van der Waals surface area contributed by atoms with Crippen LogP contribution in [0.4, 0.5) is 4.39 Å². The van der Waals surface area contributed by atoms with Crippen molar-refractivity contribution in [3.05, 3.63) is 87.3 Å². The van der Waals surface area contributed by atoms with E-state index in [0.29, 0.717) is 10.6 Å². The number of benzene rings is 2. The number of hydrogen-bond donors (Lipinski definition) is 1. The molecule has 45 heavy (non-hydrogen) atoms. The number of rotatable bonds is 10. The van der Waals surface area contributed by atoms with Gasteiger partial charge in [0, 0.05) is 23.4 Å². The summed E-state index contributed by atoms with van der Waals surface area (Å²) >= 11 is 12.5. The molecule has 2 fully saturated rings. The number of amides is 1. The maximum absolute atomic E-state index is 15.1. The zero-order valence-corrected chi connectivity index (χ0v) is 27.9. The molecule has 3 aromatic rings. The second kappa shape index (κ2) is 12.3. The van der Waals surface area contributed by atoms with Gasteiger partial charge in [-0.1, -0.05) is 48.3 Å². The van der Waals surface area contributed by atoms with E-state index in [4.69, 9.17) is 27.6 Å². The second-order valence-electron chi connectivity index (χ2n) is 13.5. The van der Waals surface area contributed by atoms with Gasteiger partial charge in [-0.3, -0.25) is 9.59 Å². The highest BCUT2D eigenvalue weighted by Gasteiger charge is 2.55. The minimum absolute atomic E-state index is 0.0458. The van der Waals surface area contributed by atoms with E-state index < -0.39 is 49.8 Å². The second-order valence-corrected chi connectivity index (χ2v) is 17.2. The summed E-state index contributed by atoms with van der Waals surface area (Å²) in [5.41, 5.74) is 0.160. The lowest BCUT2D eigenvalue weighted by molar-refractivity contribution is -0.155. The van der Waals surface area contributed by atoms with E-state index in [-0.39, 0.29) is 53.5 Å². The first-order valence-corrected chi connectivity index (χ1v) is 17.3. The molecule has 8 nitrogen and oxygen atoms in total. The van der Waals surface area contributed by atoms with Gasteiger partial charge in [0.15, 0.2) is 15.7 Å². The molecule has 1 amide bonds. The van der Waals surface area contributed by atoms with E-state index >= 15 is 4.39 Å². The summed E-state index contributed by atoms with van der Waals surface area (Å²) in [6.07, 6.45) is 2.82. The highest BCUT2D eigenvalue weighted by molar-refractivity contribution is 7.92. The normalized spacial score (nSPS) is 23.3. The number of halogens is 3. The molecule has 0 spiro atoms. The van der Waals surface area contributed by atoms with Crippen LogP contribution < -0.4 is 0 Å². The van der Waals surface area contributed by atoms with E-state index in [2.05, 4.69) is 4.98 Å². The molecule has 0 unspecified atom stereocenters. The Labute approximate surface area is 272 Å². The highest BCUT2D eigenvalue weighted by atomic mass is 35.5. The van der Waals surface area contributed by atoms with Crippen LogP contribution in [0.25, 0.3) is 0 Å². The lowest BCUT2D eigenvalue weighted by atomic mass is 9.67. The molecule has 1 saturated carbocycles. The van der Waals surface area contributed by atoms with Gasteiger partial charge in [0.2, 0.25) is 5.91 Å². The van der Waals surface area contributed by atoms with Gasteiger partial charge in [0.25, 0.3) is 0 Å². The molecule has 2 aromatic carbocycles. The first-order chi connectivity index (χ1) is 21.0. The van der Waals surface area contributed by atoms with Crippen LogP contribution in [0.2, 0.25) is 10.0 Å². The van der Waals surface area contributed by atoms with E-state index in [1.54, 1.807) is 44.7 Å². The van der Waals surface area contributed by atoms with Crippen molar-refractivity contribution in [3.8, 4) is 0 Å². The van der Waals surface area contributed by atoms with Gasteiger partial charge in [0.1, 0.15) is 18.0 Å². The third kappa shape index (κ3) is 7.08. The summed E-state index contributed by atoms with van der Waals surface area (Å²) in [6, 6.07) is 10.3. The monoisotopic (exact) mass is 678 g/mol. The highest BCUT2D eigenvalue weighted by Crippen LogP contribution is 2.54. The summed E-state index contributed by atoms with van der Waals surface area (Å²) in [4.78, 5) is 32.2. The number of oxazole rings is 1. The Bertz CT molecular complexity index is 1720. The molecule has 0 radical (unpaired) electrons. The molecule has 1 N–H and O–H groups in total. The topological polar surface area (TPSA) is 118 Å². The molecule has 1 saturated heterocycles. The Morgan fingerprint density at radius 1 is 1.18 bits per heavy atom. The van der Waals surface area contributed by atoms with Crippen LogP contribution in [0.5, 0.6) is 0 Å². The summed E-state index contributed by atoms with van der Waals surface area (Å²) in [5, 5.41) is 9.63. The Balaban J connectivity index is 1.69. The van der Waals surface area contributed by atoms with Crippen molar-refractivity contribution in [2.45, 2.75) is 82.5 Å². The predicted molar refractivity (Wildman–Crippen MR) is 170 cm³/mol. The maximum Gasteiger partial charge on any atom is 0.311 e. The van der Waals surface area contributed by atoms with Gasteiger partial charge in [-0.25, -0.2) is 17.8 Å². The summed E-state index contributed by atoms with van der Waals surface area (Å²) in [5.74, 6) is -2.40. The molecule has 2 heterocycles. The third-order valence-corrected chi connectivity index (χ3v) is 12.2. The lowest BCUT2D eigenvalue weighted by Crippen LogP contribution is -2.59. The maximum atomic E-state index is 15.1. The van der Waals surface area contributed by atoms with Crippen LogP contribution in [0, 0.1) is 17.2 Å². The van der Waals surface area contributed by atoms with Gasteiger partial charge in [-0.05, 0) is 81.3 Å². The molecule has 5 rings (SSSR count). The number of sulfone groups is 1. The van der Waals surface area contributed by atoms with E-state index in [1.165, 1.54) is 18.3 Å². The number of hydrogen-bond acceptors (Lipinski definition) is 6. The van der Waals surface area contributed by atoms with Crippen LogP contribution in [0.1, 0.15) is 81.7 Å². The average molecular weight is 680 g/mol. The van der Waals surface area contributed by atoms with Crippen molar-refractivity contribution >= 4 is 44.9 Å². The minimum atomic E-state index is -3.69. The SMILES string of the molecule is CC(C)(C)S(=O)(=O)C[C@H](C1CC1)N1C(=O)[C@@](C)(Cc2ncc(CC(=O)O)o2)C[C@H](c2cccc(Cl)c2)[C@H]1c1ccc(Cl)c(F)c1. The molecule has 1 aliphatic heterocycles. The van der Waals surface area contributed by atoms with Crippen molar-refractivity contribution in [3.63, 3.8) is 0 Å². The van der Waals surface area contributed by atoms with Gasteiger partial charge < -0.3 is 14.4 Å². The minimum Gasteiger partial charge on any atom is -0.481 e. The van der Waals surface area contributed by atoms with Gasteiger partial charge in [0.05, 0.1) is 33.2 Å². The number of carbonyl (C=O) groups is 2. The van der Waals surface area contributed by atoms with Crippen LogP contribution in [0.15, 0.2) is 53.1 Å². The van der Waals surface area contributed by atoms with Crippen LogP contribution >= 0.6 is 23.2 Å². The van der Waals surface area contributed by atoms with Crippen molar-refractivity contribution < 1.29 is 31.9 Å². The first kappa shape index (κ1) is 33.4. The number of carboxylic acids is 1. The number of carboxylic acid groups (broad SMARTS) is 1. The van der Waals surface area contributed by atoms with Crippen LogP contribution in [-0.2, 0) is 32.3 Å². The number of likely N-dealkylation sites (tertiary alicyclic amines) is 1. The van der Waals surface area contributed by atoms with Crippen molar-refractivity contribution in [2.75, 3.05) is 5.75 Å². The largest absolute Gasteiger partial charge is 0.481 e. The Hall–Kier alpha value is -2.95. The standard InChI is InChI=1S/C33H37Cl2FN2O6S/c1-32(2,3)45(42,43)18-27(19-8-9-19)38-30(21-10-11-25(35)26(36)13-21)24(20-6-5-7-22(34)12-20)15-33(4,31(38)41)16-28-37-17-23(44-28)14-29(39)40/h5-7,10-13,17,19,24,27,30H,8-9,14-16,18H2,1-4H3,(H,39,40)/t24-,27-,30-,33-/m1/s1. The fourth-order valence-corrected chi connectivity index (χ4v) is 8.04. The molecule has 4 atom stereocenters. The molecule has 1 aliphatic carbocycles. The van der Waals surface area contributed by atoms with Gasteiger partial charge in [-0.15, -0.1) is 0 Å². The van der Waals surface area contributed by atoms with Crippen LogP contribution in [0.3, 0.4) is 0 Å². The fraction of sp³-hybridized carbons (Fsp3) is 0.485. The lowest BCUT2D eigenvalue weighted by Gasteiger charge is -2.52. The average Bonchev–Trinajstić information content (AvgIpc) is 3.70. The molecule has 0 bridgehead atoms. The van der Waals surface area contributed by atoms with E-state index in [0.717, 1.165) is 18.4 Å². The Kier molecular flexibility index (Phi) is 9.16. The number of nitrogens with zero attached hydrogens (tertiary/aromatic N) is 2. The van der Waals surface area contributed by atoms with Crippen molar-refractivity contribution in [2.24, 2.45) is 11.3 Å². The fourth-order valence-electron chi connectivity index (χ4n) is 6.34.